The molecule has 1 N–H and O–H groups in total. The summed E-state index contributed by atoms with van der Waals surface area (Å²) in [6, 6.07) is 12.5. The van der Waals surface area contributed by atoms with Crippen LogP contribution < -0.4 is 5.32 Å². The molecule has 0 atom stereocenters. The van der Waals surface area contributed by atoms with Crippen molar-refractivity contribution in [3.63, 3.8) is 0 Å². The van der Waals surface area contributed by atoms with Crippen LogP contribution in [0.5, 0.6) is 0 Å². The number of hydrogen-bond acceptors (Lipinski definition) is 1. The molecule has 0 radical (unpaired) electrons. The highest BCUT2D eigenvalue weighted by molar-refractivity contribution is 6.44. The number of carbonyl (C=O) groups excluding carboxylic acids is 1. The Morgan fingerprint density at radius 1 is 0.947 bits per heavy atom. The largest absolute Gasteiger partial charge is 0.324 e. The van der Waals surface area contributed by atoms with E-state index in [1.807, 2.05) is 30.3 Å². The Kier molecular flexibility index (Phi) is 4.70. The van der Waals surface area contributed by atoms with Crippen molar-refractivity contribution in [3.05, 3.63) is 63.1 Å². The van der Waals surface area contributed by atoms with Crippen LogP contribution in [-0.2, 0) is 11.2 Å². The summed E-state index contributed by atoms with van der Waals surface area (Å²) in [7, 11) is 0. The maximum atomic E-state index is 11.9. The minimum Gasteiger partial charge on any atom is -0.324 e. The van der Waals surface area contributed by atoms with E-state index >= 15 is 0 Å². The van der Waals surface area contributed by atoms with Gasteiger partial charge in [-0.05, 0) is 17.7 Å². The van der Waals surface area contributed by atoms with Gasteiger partial charge in [-0.1, -0.05) is 65.1 Å². The number of rotatable bonds is 3. The molecule has 0 aliphatic carbocycles. The van der Waals surface area contributed by atoms with E-state index in [4.69, 9.17) is 34.8 Å². The van der Waals surface area contributed by atoms with Crippen molar-refractivity contribution in [1.29, 1.82) is 0 Å². The highest BCUT2D eigenvalue weighted by Crippen LogP contribution is 2.32. The zero-order valence-electron chi connectivity index (χ0n) is 9.79. The Labute approximate surface area is 126 Å². The van der Waals surface area contributed by atoms with Crippen molar-refractivity contribution in [2.24, 2.45) is 0 Å². The molecule has 19 heavy (non-hydrogen) atoms. The van der Waals surface area contributed by atoms with Crippen LogP contribution >= 0.6 is 34.8 Å². The molecular formula is C14H10Cl3NO. The van der Waals surface area contributed by atoms with E-state index in [9.17, 15) is 4.79 Å². The van der Waals surface area contributed by atoms with Gasteiger partial charge in [0.05, 0.1) is 27.2 Å². The van der Waals surface area contributed by atoms with E-state index in [0.29, 0.717) is 20.8 Å². The Bertz CT molecular complexity index is 599. The molecule has 0 unspecified atom stereocenters. The molecule has 0 aliphatic heterocycles. The Balaban J connectivity index is 2.09. The molecule has 0 aliphatic rings. The zero-order valence-corrected chi connectivity index (χ0v) is 12.1. The Morgan fingerprint density at radius 3 is 2.26 bits per heavy atom. The second-order valence-electron chi connectivity index (χ2n) is 3.96. The molecule has 98 valence electrons. The molecular weight excluding hydrogens is 305 g/mol. The van der Waals surface area contributed by atoms with Gasteiger partial charge in [-0.3, -0.25) is 4.79 Å². The average Bonchev–Trinajstić information content (AvgIpc) is 2.37. The maximum absolute atomic E-state index is 11.9. The first-order valence-corrected chi connectivity index (χ1v) is 6.68. The van der Waals surface area contributed by atoms with E-state index in [2.05, 4.69) is 5.32 Å². The molecule has 0 saturated heterocycles. The highest BCUT2D eigenvalue weighted by Gasteiger charge is 2.09. The third-order valence-corrected chi connectivity index (χ3v) is 3.53. The van der Waals surface area contributed by atoms with Gasteiger partial charge in [-0.25, -0.2) is 0 Å². The number of halogens is 3. The first-order chi connectivity index (χ1) is 9.06. The number of hydrogen-bond donors (Lipinski definition) is 1. The summed E-state index contributed by atoms with van der Waals surface area (Å²) in [6.07, 6.45) is 0.275. The molecule has 2 rings (SSSR count). The SMILES string of the molecule is O=C(Cc1ccccc1)Nc1cc(Cl)c(Cl)cc1Cl. The normalized spacial score (nSPS) is 10.3. The van der Waals surface area contributed by atoms with Gasteiger partial charge in [0.25, 0.3) is 0 Å². The van der Waals surface area contributed by atoms with Gasteiger partial charge < -0.3 is 5.32 Å². The van der Waals surface area contributed by atoms with Crippen LogP contribution in [0.25, 0.3) is 0 Å². The lowest BCUT2D eigenvalue weighted by Gasteiger charge is -2.08. The number of nitrogens with one attached hydrogen (secondary N) is 1. The second kappa shape index (κ2) is 6.29. The van der Waals surface area contributed by atoms with Crippen molar-refractivity contribution in [2.75, 3.05) is 5.32 Å². The molecule has 0 aromatic heterocycles. The monoisotopic (exact) mass is 313 g/mol. The summed E-state index contributed by atoms with van der Waals surface area (Å²) in [4.78, 5) is 11.9. The number of amides is 1. The van der Waals surface area contributed by atoms with Gasteiger partial charge in [-0.2, -0.15) is 0 Å². The van der Waals surface area contributed by atoms with Crippen LogP contribution in [0, 0.1) is 0 Å². The summed E-state index contributed by atoms with van der Waals surface area (Å²) in [5.41, 5.74) is 1.38. The standard InChI is InChI=1S/C14H10Cl3NO/c15-10-7-12(17)13(8-11(10)16)18-14(19)6-9-4-2-1-3-5-9/h1-5,7-8H,6H2,(H,18,19). The van der Waals surface area contributed by atoms with Crippen molar-refractivity contribution >= 4 is 46.4 Å². The molecule has 0 fully saturated rings. The lowest BCUT2D eigenvalue weighted by molar-refractivity contribution is -0.115. The Hall–Kier alpha value is -1.22. The van der Waals surface area contributed by atoms with E-state index in [1.54, 1.807) is 0 Å². The number of benzene rings is 2. The predicted octanol–water partition coefficient (Wildman–Crippen LogP) is 4.83. The summed E-state index contributed by atoms with van der Waals surface area (Å²) in [6.45, 7) is 0. The van der Waals surface area contributed by atoms with Gasteiger partial charge in [0, 0.05) is 0 Å². The smallest absolute Gasteiger partial charge is 0.228 e. The van der Waals surface area contributed by atoms with Crippen LogP contribution in [0.15, 0.2) is 42.5 Å². The van der Waals surface area contributed by atoms with Crippen LogP contribution in [0.1, 0.15) is 5.56 Å². The third kappa shape index (κ3) is 3.87. The maximum Gasteiger partial charge on any atom is 0.228 e. The van der Waals surface area contributed by atoms with Crippen LogP contribution in [-0.4, -0.2) is 5.91 Å². The highest BCUT2D eigenvalue weighted by atomic mass is 35.5. The first kappa shape index (κ1) is 14.2. The van der Waals surface area contributed by atoms with E-state index in [1.165, 1.54) is 12.1 Å². The van der Waals surface area contributed by atoms with E-state index < -0.39 is 0 Å². The molecule has 2 aromatic rings. The van der Waals surface area contributed by atoms with Gasteiger partial charge in [0.1, 0.15) is 0 Å². The predicted molar refractivity (Wildman–Crippen MR) is 80.2 cm³/mol. The molecule has 0 bridgehead atoms. The number of carbonyl (C=O) groups is 1. The summed E-state index contributed by atoms with van der Waals surface area (Å²) in [5, 5.41) is 3.77. The fourth-order valence-corrected chi connectivity index (χ4v) is 2.19. The van der Waals surface area contributed by atoms with E-state index in [0.717, 1.165) is 5.56 Å². The topological polar surface area (TPSA) is 29.1 Å². The Morgan fingerprint density at radius 2 is 1.58 bits per heavy atom. The van der Waals surface area contributed by atoms with Crippen LogP contribution in [0.3, 0.4) is 0 Å². The van der Waals surface area contributed by atoms with Crippen LogP contribution in [0.2, 0.25) is 15.1 Å². The molecule has 0 heterocycles. The molecule has 5 heteroatoms. The fraction of sp³-hybridized carbons (Fsp3) is 0.0714. The van der Waals surface area contributed by atoms with Crippen LogP contribution in [0.4, 0.5) is 5.69 Å². The van der Waals surface area contributed by atoms with Crippen molar-refractivity contribution in [1.82, 2.24) is 0 Å². The first-order valence-electron chi connectivity index (χ1n) is 5.54. The van der Waals surface area contributed by atoms with E-state index in [-0.39, 0.29) is 12.3 Å². The summed E-state index contributed by atoms with van der Waals surface area (Å²) >= 11 is 17.7. The van der Waals surface area contributed by atoms with Gasteiger partial charge in [0.15, 0.2) is 0 Å². The lowest BCUT2D eigenvalue weighted by Crippen LogP contribution is -2.14. The lowest BCUT2D eigenvalue weighted by atomic mass is 10.1. The number of anilines is 1. The summed E-state index contributed by atoms with van der Waals surface area (Å²) < 4.78 is 0. The third-order valence-electron chi connectivity index (χ3n) is 2.49. The fourth-order valence-electron chi connectivity index (χ4n) is 1.59. The zero-order chi connectivity index (χ0) is 13.8. The van der Waals surface area contributed by atoms with Crippen molar-refractivity contribution < 1.29 is 4.79 Å². The van der Waals surface area contributed by atoms with Crippen molar-refractivity contribution in [3.8, 4) is 0 Å². The molecule has 2 nitrogen and oxygen atoms in total. The molecule has 2 aromatic carbocycles. The van der Waals surface area contributed by atoms with Gasteiger partial charge >= 0.3 is 0 Å². The molecule has 0 saturated carbocycles. The average molecular weight is 315 g/mol. The molecule has 1 amide bonds. The minimum atomic E-state index is -0.161. The molecule has 0 spiro atoms. The van der Waals surface area contributed by atoms with Gasteiger partial charge in [0.2, 0.25) is 5.91 Å². The minimum absolute atomic E-state index is 0.161. The van der Waals surface area contributed by atoms with Crippen molar-refractivity contribution in [2.45, 2.75) is 6.42 Å². The second-order valence-corrected chi connectivity index (χ2v) is 5.18. The quantitative estimate of drug-likeness (QED) is 0.808. The van der Waals surface area contributed by atoms with Gasteiger partial charge in [-0.15, -0.1) is 0 Å². The summed E-state index contributed by atoms with van der Waals surface area (Å²) in [5.74, 6) is -0.161.